The molecule has 3 aromatic heterocycles. The van der Waals surface area contributed by atoms with E-state index in [-0.39, 0.29) is 24.0 Å². The number of carbonyl (C=O) groups excluding carboxylic acids is 1. The van der Waals surface area contributed by atoms with E-state index in [2.05, 4.69) is 9.97 Å². The molecule has 1 amide bonds. The molecule has 0 radical (unpaired) electrons. The number of aliphatic carboxylic acids is 1. The Kier molecular flexibility index (Phi) is 7.56. The van der Waals surface area contributed by atoms with Crippen molar-refractivity contribution in [1.29, 1.82) is 0 Å². The fourth-order valence-electron chi connectivity index (χ4n) is 6.24. The topological polar surface area (TPSA) is 175 Å². The van der Waals surface area contributed by atoms with Gasteiger partial charge in [-0.2, -0.15) is 0 Å². The molecule has 43 heavy (non-hydrogen) atoms. The van der Waals surface area contributed by atoms with Crippen LogP contribution >= 0.6 is 0 Å². The number of hydrogen-bond acceptors (Lipinski definition) is 5. The van der Waals surface area contributed by atoms with Crippen LogP contribution in [0.4, 0.5) is 0 Å². The standard InChI is InChI=1S/C33H35N5O5/c1-7-18-16(5)30-29(32(34)41)31-19(8-2)14(3)22(37-31)11-21-15(4)20(9-10-27(39)40)25(35-21)13-26-28(33(42)43)17(6)23(36-26)12-24(18)38-30/h11-13,36,38H,7-10H2,1-6H3,(H2,34,41)(H,39,40)(H,42,43). The van der Waals surface area contributed by atoms with Gasteiger partial charge >= 0.3 is 11.9 Å². The third kappa shape index (κ3) is 4.92. The normalized spacial score (nSPS) is 13.2. The summed E-state index contributed by atoms with van der Waals surface area (Å²) in [6, 6.07) is 5.37. The lowest BCUT2D eigenvalue weighted by Crippen LogP contribution is -2.14. The average molecular weight is 582 g/mol. The van der Waals surface area contributed by atoms with Crippen molar-refractivity contribution in [2.45, 2.75) is 67.2 Å². The minimum absolute atomic E-state index is 0.0993. The lowest BCUT2D eigenvalue weighted by atomic mass is 9.98. The number of nitrogens with zero attached hydrogens (tertiary/aromatic N) is 2. The van der Waals surface area contributed by atoms with E-state index < -0.39 is 17.8 Å². The van der Waals surface area contributed by atoms with E-state index in [1.54, 1.807) is 13.0 Å². The molecule has 0 saturated heterocycles. The van der Waals surface area contributed by atoms with Gasteiger partial charge in [0.15, 0.2) is 0 Å². The molecule has 2 aliphatic rings. The van der Waals surface area contributed by atoms with E-state index in [4.69, 9.17) is 15.7 Å². The molecule has 222 valence electrons. The zero-order valence-corrected chi connectivity index (χ0v) is 25.2. The van der Waals surface area contributed by atoms with Crippen molar-refractivity contribution in [3.05, 3.63) is 68.8 Å². The largest absolute Gasteiger partial charge is 0.481 e. The van der Waals surface area contributed by atoms with Crippen molar-refractivity contribution in [3.8, 4) is 0 Å². The van der Waals surface area contributed by atoms with Gasteiger partial charge in [-0.15, -0.1) is 0 Å². The highest BCUT2D eigenvalue weighted by molar-refractivity contribution is 6.08. The lowest BCUT2D eigenvalue weighted by Gasteiger charge is -2.05. The maximum atomic E-state index is 13.1. The first-order valence-electron chi connectivity index (χ1n) is 14.3. The first kappa shape index (κ1) is 29.5. The second-order valence-corrected chi connectivity index (χ2v) is 11.0. The molecule has 10 nitrogen and oxygen atoms in total. The number of nitrogens with one attached hydrogen (secondary N) is 2. The summed E-state index contributed by atoms with van der Waals surface area (Å²) < 4.78 is 0. The molecule has 6 N–H and O–H groups in total. The Labute approximate surface area is 248 Å². The maximum Gasteiger partial charge on any atom is 0.338 e. The summed E-state index contributed by atoms with van der Waals surface area (Å²) in [6.07, 6.45) is 1.39. The van der Waals surface area contributed by atoms with Gasteiger partial charge in [-0.3, -0.25) is 9.59 Å². The first-order chi connectivity index (χ1) is 20.4. The SMILES string of the molecule is CCC1=C(C)c2cc3nc(cc4[nH]c(cc5[nH]c(c(C)c5CC)c(C(N)=O)c1n2)c(C)c4C(=O)O)C(CCC(=O)O)=C3C. The van der Waals surface area contributed by atoms with Crippen LogP contribution in [0.1, 0.15) is 107 Å². The number of aromatic carboxylic acids is 1. The minimum Gasteiger partial charge on any atom is -0.481 e. The summed E-state index contributed by atoms with van der Waals surface area (Å²) in [5.74, 6) is -2.65. The van der Waals surface area contributed by atoms with Gasteiger partial charge in [0.25, 0.3) is 5.91 Å². The van der Waals surface area contributed by atoms with Gasteiger partial charge in [0.05, 0.1) is 44.9 Å². The summed E-state index contributed by atoms with van der Waals surface area (Å²) in [6.45, 7) is 11.5. The number of rotatable bonds is 7. The van der Waals surface area contributed by atoms with Crippen LogP contribution in [0.5, 0.6) is 0 Å². The molecule has 0 aromatic carbocycles. The summed E-state index contributed by atoms with van der Waals surface area (Å²) in [5.41, 5.74) is 16.6. The number of allylic oxidation sites excluding steroid dienone is 4. The number of aromatic amines is 2. The molecule has 0 fully saturated rings. The number of amides is 1. The Morgan fingerprint density at radius 2 is 1.44 bits per heavy atom. The number of aryl methyl sites for hydroxylation is 3. The monoisotopic (exact) mass is 581 g/mol. The molecule has 8 bridgehead atoms. The predicted octanol–water partition coefficient (Wildman–Crippen LogP) is 6.43. The molecular formula is C33H35N5O5. The van der Waals surface area contributed by atoms with Crippen molar-refractivity contribution < 1.29 is 24.6 Å². The molecule has 0 unspecified atom stereocenters. The number of carbonyl (C=O) groups is 3. The zero-order chi connectivity index (χ0) is 31.3. The van der Waals surface area contributed by atoms with Crippen LogP contribution in [0.3, 0.4) is 0 Å². The Morgan fingerprint density at radius 1 is 0.767 bits per heavy atom. The Morgan fingerprint density at radius 3 is 2.05 bits per heavy atom. The molecule has 0 aliphatic carbocycles. The van der Waals surface area contributed by atoms with Crippen molar-refractivity contribution in [3.63, 3.8) is 0 Å². The number of aromatic nitrogens is 4. The molecule has 0 saturated carbocycles. The number of H-pyrrole nitrogens is 2. The number of fused-ring (bicyclic) bond motifs is 8. The fraction of sp³-hybridized carbons (Fsp3) is 0.303. The van der Waals surface area contributed by atoms with Crippen molar-refractivity contribution in [2.75, 3.05) is 0 Å². The van der Waals surface area contributed by atoms with Crippen molar-refractivity contribution in [1.82, 2.24) is 19.9 Å². The van der Waals surface area contributed by atoms with E-state index >= 15 is 0 Å². The van der Waals surface area contributed by atoms with Crippen molar-refractivity contribution in [2.24, 2.45) is 5.73 Å². The van der Waals surface area contributed by atoms with E-state index in [1.807, 2.05) is 46.8 Å². The minimum atomic E-state index is -1.10. The van der Waals surface area contributed by atoms with Crippen LogP contribution in [-0.2, 0) is 11.2 Å². The summed E-state index contributed by atoms with van der Waals surface area (Å²) >= 11 is 0. The lowest BCUT2D eigenvalue weighted by molar-refractivity contribution is -0.136. The van der Waals surface area contributed by atoms with Crippen LogP contribution in [0.15, 0.2) is 18.2 Å². The van der Waals surface area contributed by atoms with Crippen LogP contribution in [0.25, 0.3) is 44.4 Å². The van der Waals surface area contributed by atoms with Gasteiger partial charge in [-0.25, -0.2) is 14.8 Å². The van der Waals surface area contributed by atoms with E-state index in [1.165, 1.54) is 0 Å². The van der Waals surface area contributed by atoms with Crippen LogP contribution in [0, 0.1) is 13.8 Å². The number of hydrogen-bond donors (Lipinski definition) is 5. The van der Waals surface area contributed by atoms with Gasteiger partial charge in [-0.1, -0.05) is 13.8 Å². The summed E-state index contributed by atoms with van der Waals surface area (Å²) in [5, 5.41) is 19.6. The highest BCUT2D eigenvalue weighted by atomic mass is 16.4. The number of carboxylic acids is 2. The number of nitrogens with two attached hydrogens (primary N) is 1. The molecule has 0 spiro atoms. The maximum absolute atomic E-state index is 13.1. The van der Waals surface area contributed by atoms with Crippen molar-refractivity contribution >= 4 is 62.2 Å². The highest BCUT2D eigenvalue weighted by Gasteiger charge is 2.26. The van der Waals surface area contributed by atoms with Crippen LogP contribution in [-0.4, -0.2) is 48.0 Å². The first-order valence-corrected chi connectivity index (χ1v) is 14.3. The molecule has 5 heterocycles. The van der Waals surface area contributed by atoms with E-state index in [0.717, 1.165) is 33.4 Å². The molecule has 3 aromatic rings. The Balaban J connectivity index is 2.05. The van der Waals surface area contributed by atoms with E-state index in [9.17, 15) is 24.6 Å². The van der Waals surface area contributed by atoms with Gasteiger partial charge in [-0.05, 0) is 104 Å². The Hall–Kier alpha value is -4.99. The Bertz CT molecular complexity index is 1970. The van der Waals surface area contributed by atoms with Crippen LogP contribution in [0.2, 0.25) is 0 Å². The molecular weight excluding hydrogens is 546 g/mol. The average Bonchev–Trinajstić information content (AvgIpc) is 3.60. The second kappa shape index (κ2) is 11.0. The molecule has 5 rings (SSSR count). The van der Waals surface area contributed by atoms with Gasteiger partial charge in [0.1, 0.15) is 0 Å². The van der Waals surface area contributed by atoms with Gasteiger partial charge in [0, 0.05) is 17.5 Å². The molecule has 0 atom stereocenters. The van der Waals surface area contributed by atoms with Crippen LogP contribution < -0.4 is 5.73 Å². The quantitative estimate of drug-likeness (QED) is 0.214. The van der Waals surface area contributed by atoms with Gasteiger partial charge < -0.3 is 25.9 Å². The third-order valence-corrected chi connectivity index (χ3v) is 8.56. The van der Waals surface area contributed by atoms with Gasteiger partial charge in [0.2, 0.25) is 0 Å². The smallest absolute Gasteiger partial charge is 0.338 e. The number of primary amides is 1. The van der Waals surface area contributed by atoms with E-state index in [0.29, 0.717) is 63.3 Å². The second-order valence-electron chi connectivity index (χ2n) is 11.0. The molecule has 10 heteroatoms. The molecule has 2 aliphatic heterocycles. The number of carboxylic acid groups (broad SMARTS) is 2. The predicted molar refractivity (Wildman–Crippen MR) is 167 cm³/mol. The summed E-state index contributed by atoms with van der Waals surface area (Å²) in [4.78, 5) is 53.5. The third-order valence-electron chi connectivity index (χ3n) is 8.56. The summed E-state index contributed by atoms with van der Waals surface area (Å²) in [7, 11) is 0. The highest BCUT2D eigenvalue weighted by Crippen LogP contribution is 2.38. The fourth-order valence-corrected chi connectivity index (χ4v) is 6.24. The zero-order valence-electron chi connectivity index (χ0n) is 25.2.